The van der Waals surface area contributed by atoms with Crippen LogP contribution in [0.15, 0.2) is 54.6 Å². The maximum atomic E-state index is 13.8. The second kappa shape index (κ2) is 12.7. The summed E-state index contributed by atoms with van der Waals surface area (Å²) in [6.07, 6.45) is 2.27. The number of carbonyl (C=O) groups is 2. The lowest BCUT2D eigenvalue weighted by Gasteiger charge is -2.34. The zero-order valence-corrected chi connectivity index (χ0v) is 22.5. The molecule has 2 amide bonds. The van der Waals surface area contributed by atoms with Crippen molar-refractivity contribution in [2.24, 2.45) is 0 Å². The maximum absolute atomic E-state index is 13.8. The van der Waals surface area contributed by atoms with Crippen LogP contribution in [-0.2, 0) is 26.2 Å². The van der Waals surface area contributed by atoms with Gasteiger partial charge in [-0.05, 0) is 42.9 Å². The number of benzene rings is 2. The van der Waals surface area contributed by atoms with E-state index in [1.165, 1.54) is 4.90 Å². The quantitative estimate of drug-likeness (QED) is 0.470. The zero-order valence-electron chi connectivity index (χ0n) is 21.7. The molecule has 0 fully saturated rings. The van der Waals surface area contributed by atoms with E-state index in [0.29, 0.717) is 12.1 Å². The summed E-state index contributed by atoms with van der Waals surface area (Å²) < 4.78 is 26.9. The highest BCUT2D eigenvalue weighted by Gasteiger charge is 2.32. The van der Waals surface area contributed by atoms with Crippen LogP contribution in [0.3, 0.4) is 0 Å². The lowest BCUT2D eigenvalue weighted by atomic mass is 10.0. The van der Waals surface area contributed by atoms with Crippen LogP contribution >= 0.6 is 0 Å². The van der Waals surface area contributed by atoms with Gasteiger partial charge in [-0.3, -0.25) is 13.9 Å². The minimum absolute atomic E-state index is 0.0318. The van der Waals surface area contributed by atoms with Crippen molar-refractivity contribution in [2.45, 2.75) is 72.0 Å². The van der Waals surface area contributed by atoms with E-state index in [1.54, 1.807) is 12.1 Å². The highest BCUT2D eigenvalue weighted by atomic mass is 32.2. The van der Waals surface area contributed by atoms with Gasteiger partial charge in [-0.15, -0.1) is 0 Å². The van der Waals surface area contributed by atoms with E-state index < -0.39 is 22.0 Å². The van der Waals surface area contributed by atoms with Gasteiger partial charge < -0.3 is 10.2 Å². The summed E-state index contributed by atoms with van der Waals surface area (Å²) in [5, 5.41) is 2.98. The summed E-state index contributed by atoms with van der Waals surface area (Å²) in [4.78, 5) is 28.4. The van der Waals surface area contributed by atoms with Crippen LogP contribution in [0.5, 0.6) is 0 Å². The molecule has 0 radical (unpaired) electrons. The largest absolute Gasteiger partial charge is 0.352 e. The van der Waals surface area contributed by atoms with E-state index in [2.05, 4.69) is 5.32 Å². The van der Waals surface area contributed by atoms with Crippen LogP contribution in [0.4, 0.5) is 5.69 Å². The van der Waals surface area contributed by atoms with E-state index in [1.807, 2.05) is 77.1 Å². The lowest BCUT2D eigenvalue weighted by molar-refractivity contribution is -0.140. The SMILES string of the molecule is CC[C@H](C(=O)N[C@@H](C)CC)N(Cc1ccccc1)C(=O)CN(c1ccccc1C(C)C)S(C)(=O)=O. The van der Waals surface area contributed by atoms with Crippen molar-refractivity contribution in [3.63, 3.8) is 0 Å². The average molecular weight is 502 g/mol. The molecule has 0 bridgehead atoms. The van der Waals surface area contributed by atoms with Gasteiger partial charge in [0, 0.05) is 12.6 Å². The molecule has 0 unspecified atom stereocenters. The molecule has 0 saturated heterocycles. The Hall–Kier alpha value is -2.87. The molecule has 0 heterocycles. The van der Waals surface area contributed by atoms with Gasteiger partial charge in [0.05, 0.1) is 11.9 Å². The number of amides is 2. The van der Waals surface area contributed by atoms with Crippen LogP contribution in [-0.4, -0.2) is 50.0 Å². The van der Waals surface area contributed by atoms with Crippen LogP contribution < -0.4 is 9.62 Å². The predicted molar refractivity (Wildman–Crippen MR) is 142 cm³/mol. The molecule has 0 saturated carbocycles. The van der Waals surface area contributed by atoms with Crippen molar-refractivity contribution in [3.8, 4) is 0 Å². The summed E-state index contributed by atoms with van der Waals surface area (Å²) >= 11 is 0. The molecule has 2 aromatic carbocycles. The van der Waals surface area contributed by atoms with Gasteiger partial charge in [0.15, 0.2) is 0 Å². The van der Waals surface area contributed by atoms with Gasteiger partial charge in [0.2, 0.25) is 21.8 Å². The molecule has 2 rings (SSSR count). The molecule has 0 spiro atoms. The number of sulfonamides is 1. The average Bonchev–Trinajstić information content (AvgIpc) is 2.82. The molecule has 35 heavy (non-hydrogen) atoms. The minimum atomic E-state index is -3.77. The van der Waals surface area contributed by atoms with E-state index >= 15 is 0 Å². The van der Waals surface area contributed by atoms with Crippen molar-refractivity contribution in [3.05, 3.63) is 65.7 Å². The van der Waals surface area contributed by atoms with Crippen molar-refractivity contribution >= 4 is 27.5 Å². The molecule has 0 aliphatic rings. The van der Waals surface area contributed by atoms with Crippen molar-refractivity contribution in [2.75, 3.05) is 17.1 Å². The maximum Gasteiger partial charge on any atom is 0.244 e. The first-order valence-corrected chi connectivity index (χ1v) is 14.0. The summed E-state index contributed by atoms with van der Waals surface area (Å²) in [6.45, 7) is 9.54. The number of hydrogen-bond acceptors (Lipinski definition) is 4. The Morgan fingerprint density at radius 3 is 2.06 bits per heavy atom. The fourth-order valence-corrected chi connectivity index (χ4v) is 4.81. The van der Waals surface area contributed by atoms with Crippen molar-refractivity contribution < 1.29 is 18.0 Å². The summed E-state index contributed by atoms with van der Waals surface area (Å²) in [5.41, 5.74) is 2.18. The number of hydrogen-bond donors (Lipinski definition) is 1. The van der Waals surface area contributed by atoms with Gasteiger partial charge >= 0.3 is 0 Å². The Kier molecular flexibility index (Phi) is 10.3. The summed E-state index contributed by atoms with van der Waals surface area (Å²) in [7, 11) is -3.77. The molecular weight excluding hydrogens is 462 g/mol. The van der Waals surface area contributed by atoms with E-state index in [9.17, 15) is 18.0 Å². The predicted octanol–water partition coefficient (Wildman–Crippen LogP) is 4.30. The molecular formula is C27H39N3O4S. The number of anilines is 1. The first-order chi connectivity index (χ1) is 16.5. The number of nitrogens with zero attached hydrogens (tertiary/aromatic N) is 2. The summed E-state index contributed by atoms with van der Waals surface area (Å²) in [6, 6.07) is 15.9. The summed E-state index contributed by atoms with van der Waals surface area (Å²) in [5.74, 6) is -0.598. The van der Waals surface area contributed by atoms with Crippen molar-refractivity contribution in [1.82, 2.24) is 10.2 Å². The standard InChI is InChI=1S/C27H39N3O4S/c1-7-21(5)28-27(32)24(8-2)29(18-22-14-10-9-11-15-22)26(31)19-30(35(6,33)34)25-17-13-12-16-23(25)20(3)4/h9-17,20-21,24H,7-8,18-19H2,1-6H3,(H,28,32)/t21-,24+/m0/s1. The third-order valence-corrected chi connectivity index (χ3v) is 7.22. The minimum Gasteiger partial charge on any atom is -0.352 e. The van der Waals surface area contributed by atoms with Crippen LogP contribution in [0.1, 0.15) is 64.5 Å². The highest BCUT2D eigenvalue weighted by molar-refractivity contribution is 7.92. The highest BCUT2D eigenvalue weighted by Crippen LogP contribution is 2.29. The Bertz CT molecular complexity index is 1090. The smallest absolute Gasteiger partial charge is 0.244 e. The van der Waals surface area contributed by atoms with Crippen LogP contribution in [0.25, 0.3) is 0 Å². The van der Waals surface area contributed by atoms with Gasteiger partial charge in [0.25, 0.3) is 0 Å². The fourth-order valence-electron chi connectivity index (χ4n) is 3.94. The Balaban J connectivity index is 2.48. The van der Waals surface area contributed by atoms with Gasteiger partial charge in [-0.25, -0.2) is 8.42 Å². The first kappa shape index (κ1) is 28.4. The van der Waals surface area contributed by atoms with E-state index in [0.717, 1.165) is 28.1 Å². The second-order valence-electron chi connectivity index (χ2n) is 9.23. The Morgan fingerprint density at radius 1 is 0.914 bits per heavy atom. The van der Waals surface area contributed by atoms with Gasteiger partial charge in [-0.2, -0.15) is 0 Å². The molecule has 1 N–H and O–H groups in total. The third kappa shape index (κ3) is 7.82. The Morgan fingerprint density at radius 2 is 1.51 bits per heavy atom. The van der Waals surface area contributed by atoms with Gasteiger partial charge in [-0.1, -0.05) is 76.2 Å². The molecule has 2 aromatic rings. The Labute approximate surface area is 210 Å². The molecule has 192 valence electrons. The zero-order chi connectivity index (χ0) is 26.2. The van der Waals surface area contributed by atoms with Crippen molar-refractivity contribution in [1.29, 1.82) is 0 Å². The van der Waals surface area contributed by atoms with E-state index in [4.69, 9.17) is 0 Å². The number of para-hydroxylation sites is 1. The number of nitrogens with one attached hydrogen (secondary N) is 1. The van der Waals surface area contributed by atoms with Crippen LogP contribution in [0.2, 0.25) is 0 Å². The lowest BCUT2D eigenvalue weighted by Crippen LogP contribution is -2.53. The van der Waals surface area contributed by atoms with Gasteiger partial charge in [0.1, 0.15) is 12.6 Å². The third-order valence-electron chi connectivity index (χ3n) is 6.09. The molecule has 8 heteroatoms. The number of rotatable bonds is 12. The fraction of sp³-hybridized carbons (Fsp3) is 0.481. The monoisotopic (exact) mass is 501 g/mol. The topological polar surface area (TPSA) is 86.8 Å². The molecule has 0 aliphatic carbocycles. The van der Waals surface area contributed by atoms with Crippen LogP contribution in [0, 0.1) is 0 Å². The molecule has 7 nitrogen and oxygen atoms in total. The molecule has 0 aliphatic heterocycles. The first-order valence-electron chi connectivity index (χ1n) is 12.2. The molecule has 2 atom stereocenters. The number of carbonyl (C=O) groups excluding carboxylic acids is 2. The second-order valence-corrected chi connectivity index (χ2v) is 11.1. The normalized spacial score (nSPS) is 13.2. The molecule has 0 aromatic heterocycles. The van der Waals surface area contributed by atoms with E-state index in [-0.39, 0.29) is 31.0 Å².